The molecular weight excluding hydrogens is 413 g/mol. The van der Waals surface area contributed by atoms with Gasteiger partial charge in [0.1, 0.15) is 11.5 Å². The highest BCUT2D eigenvalue weighted by atomic mass is 35.5. The molecule has 2 aromatic carbocycles. The number of nitrogens with one attached hydrogen (secondary N) is 1. The van der Waals surface area contributed by atoms with Crippen molar-refractivity contribution in [1.82, 2.24) is 15.2 Å². The number of para-hydroxylation sites is 1. The summed E-state index contributed by atoms with van der Waals surface area (Å²) in [6, 6.07) is 13.1. The Balaban J connectivity index is 1.73. The first-order valence-electron chi connectivity index (χ1n) is 10.4. The number of fused-ring (bicyclic) bond motifs is 1. The Morgan fingerprint density at radius 1 is 1.16 bits per heavy atom. The van der Waals surface area contributed by atoms with E-state index in [0.29, 0.717) is 5.02 Å². The van der Waals surface area contributed by atoms with E-state index in [4.69, 9.17) is 17.3 Å². The predicted molar refractivity (Wildman–Crippen MR) is 124 cm³/mol. The van der Waals surface area contributed by atoms with Crippen molar-refractivity contribution in [2.45, 2.75) is 25.8 Å². The first-order chi connectivity index (χ1) is 15.0. The molecule has 0 aliphatic carbocycles. The van der Waals surface area contributed by atoms with E-state index in [1.165, 1.54) is 6.07 Å². The summed E-state index contributed by atoms with van der Waals surface area (Å²) in [5, 5.41) is 10.4. The summed E-state index contributed by atoms with van der Waals surface area (Å²) in [5.41, 5.74) is 12.0. The van der Waals surface area contributed by atoms with Crippen molar-refractivity contribution in [3.8, 4) is 22.5 Å². The van der Waals surface area contributed by atoms with Crippen molar-refractivity contribution >= 4 is 28.2 Å². The smallest absolute Gasteiger partial charge is 0.133 e. The quantitative estimate of drug-likeness (QED) is 0.457. The van der Waals surface area contributed by atoms with Crippen LogP contribution in [-0.4, -0.2) is 34.3 Å². The molecule has 4 aromatic rings. The summed E-state index contributed by atoms with van der Waals surface area (Å²) in [7, 11) is 0. The van der Waals surface area contributed by atoms with Crippen molar-refractivity contribution in [2.24, 2.45) is 5.73 Å². The molecule has 0 bridgehead atoms. The van der Waals surface area contributed by atoms with Gasteiger partial charge in [-0.3, -0.25) is 0 Å². The molecule has 0 atom stereocenters. The van der Waals surface area contributed by atoms with Gasteiger partial charge in [-0.1, -0.05) is 29.8 Å². The van der Waals surface area contributed by atoms with Crippen LogP contribution in [-0.2, 0) is 0 Å². The van der Waals surface area contributed by atoms with Gasteiger partial charge < -0.3 is 15.6 Å². The lowest BCUT2D eigenvalue weighted by molar-refractivity contribution is 0.501. The molecule has 158 valence electrons. The maximum absolute atomic E-state index is 14.3. The van der Waals surface area contributed by atoms with Crippen molar-refractivity contribution in [2.75, 3.05) is 18.0 Å². The molecule has 31 heavy (non-hydrogen) atoms. The summed E-state index contributed by atoms with van der Waals surface area (Å²) in [6.45, 7) is 3.51. The molecule has 7 heteroatoms. The van der Waals surface area contributed by atoms with Crippen LogP contribution in [0.4, 0.5) is 10.1 Å². The Morgan fingerprint density at radius 2 is 1.97 bits per heavy atom. The molecule has 3 N–H and O–H groups in total. The minimum atomic E-state index is -0.266. The second kappa shape index (κ2) is 7.94. The highest BCUT2D eigenvalue weighted by molar-refractivity contribution is 6.35. The van der Waals surface area contributed by atoms with Crippen LogP contribution in [0.3, 0.4) is 0 Å². The average molecular weight is 436 g/mol. The van der Waals surface area contributed by atoms with E-state index in [9.17, 15) is 4.39 Å². The molecule has 5 nitrogen and oxygen atoms in total. The van der Waals surface area contributed by atoms with Gasteiger partial charge in [-0.05, 0) is 55.2 Å². The molecule has 0 spiro atoms. The maximum Gasteiger partial charge on any atom is 0.133 e. The number of halogens is 2. The number of nitrogens with zero attached hydrogens (tertiary/aromatic N) is 3. The molecule has 1 fully saturated rings. The number of anilines is 1. The van der Waals surface area contributed by atoms with Gasteiger partial charge in [-0.15, -0.1) is 5.10 Å². The lowest BCUT2D eigenvalue weighted by atomic mass is 9.98. The van der Waals surface area contributed by atoms with Gasteiger partial charge in [0.05, 0.1) is 28.1 Å². The van der Waals surface area contributed by atoms with Crippen LogP contribution < -0.4 is 10.6 Å². The van der Waals surface area contributed by atoms with Crippen LogP contribution in [0, 0.1) is 12.7 Å². The van der Waals surface area contributed by atoms with Crippen LogP contribution in [0.2, 0.25) is 5.02 Å². The van der Waals surface area contributed by atoms with E-state index in [2.05, 4.69) is 20.1 Å². The largest absolute Gasteiger partial charge is 0.369 e. The molecule has 2 aromatic heterocycles. The SMILES string of the molecule is Cc1cc(F)cc(-c2cnnc(-c3cc4cccc(Cl)c4[nH]3)c2N2CCC(N)CC2)c1. The lowest BCUT2D eigenvalue weighted by Crippen LogP contribution is -2.40. The van der Waals surface area contributed by atoms with E-state index in [1.807, 2.05) is 37.3 Å². The number of rotatable bonds is 3. The zero-order valence-electron chi connectivity index (χ0n) is 17.2. The number of H-pyrrole nitrogens is 1. The molecule has 1 aliphatic rings. The normalized spacial score (nSPS) is 15.0. The van der Waals surface area contributed by atoms with E-state index in [-0.39, 0.29) is 11.9 Å². The van der Waals surface area contributed by atoms with Gasteiger partial charge in [0.25, 0.3) is 0 Å². The fourth-order valence-corrected chi connectivity index (χ4v) is 4.58. The van der Waals surface area contributed by atoms with Gasteiger partial charge in [-0.2, -0.15) is 5.10 Å². The first-order valence-corrected chi connectivity index (χ1v) is 10.8. The van der Waals surface area contributed by atoms with Gasteiger partial charge in [0.15, 0.2) is 0 Å². The zero-order chi connectivity index (χ0) is 21.5. The summed E-state index contributed by atoms with van der Waals surface area (Å²) in [4.78, 5) is 5.70. The third kappa shape index (κ3) is 3.77. The van der Waals surface area contributed by atoms with Crippen molar-refractivity contribution in [3.05, 3.63) is 65.1 Å². The van der Waals surface area contributed by atoms with Crippen molar-refractivity contribution in [3.63, 3.8) is 0 Å². The lowest BCUT2D eigenvalue weighted by Gasteiger charge is -2.34. The maximum atomic E-state index is 14.3. The van der Waals surface area contributed by atoms with Crippen molar-refractivity contribution < 1.29 is 4.39 Å². The van der Waals surface area contributed by atoms with Gasteiger partial charge in [0.2, 0.25) is 0 Å². The minimum Gasteiger partial charge on any atom is -0.369 e. The molecule has 1 saturated heterocycles. The molecule has 1 aliphatic heterocycles. The highest BCUT2D eigenvalue weighted by Crippen LogP contribution is 2.40. The number of aromatic nitrogens is 3. The van der Waals surface area contributed by atoms with Crippen molar-refractivity contribution in [1.29, 1.82) is 0 Å². The number of aromatic amines is 1. The molecule has 3 heterocycles. The summed E-state index contributed by atoms with van der Waals surface area (Å²) >= 11 is 6.39. The Kier molecular flexibility index (Phi) is 5.12. The topological polar surface area (TPSA) is 70.8 Å². The number of aryl methyl sites for hydroxylation is 1. The average Bonchev–Trinajstić information content (AvgIpc) is 3.19. The Morgan fingerprint density at radius 3 is 2.71 bits per heavy atom. The summed E-state index contributed by atoms with van der Waals surface area (Å²) in [5.74, 6) is -0.266. The monoisotopic (exact) mass is 435 g/mol. The second-order valence-corrected chi connectivity index (χ2v) is 8.59. The zero-order valence-corrected chi connectivity index (χ0v) is 18.0. The summed E-state index contributed by atoms with van der Waals surface area (Å²) < 4.78 is 14.3. The molecule has 0 radical (unpaired) electrons. The molecule has 0 saturated carbocycles. The number of hydrogen-bond donors (Lipinski definition) is 2. The Labute approximate surface area is 185 Å². The number of nitrogens with two attached hydrogens (primary N) is 1. The first kappa shape index (κ1) is 20.0. The standard InChI is InChI=1S/C24H23ClFN5/c1-14-9-16(11-17(26)10-14)19-13-28-30-23(24(19)31-7-5-18(27)6-8-31)21-12-15-3-2-4-20(25)22(15)29-21/h2-4,9-13,18,29H,5-8,27H2,1H3. The molecule has 0 unspecified atom stereocenters. The van der Waals surface area contributed by atoms with Gasteiger partial charge in [0, 0.05) is 30.1 Å². The van der Waals surface area contributed by atoms with E-state index < -0.39 is 0 Å². The van der Waals surface area contributed by atoms with E-state index >= 15 is 0 Å². The van der Waals surface area contributed by atoms with E-state index in [1.54, 1.807) is 12.3 Å². The predicted octanol–water partition coefficient (Wildman–Crippen LogP) is 5.32. The summed E-state index contributed by atoms with van der Waals surface area (Å²) in [6.07, 6.45) is 3.50. The van der Waals surface area contributed by atoms with Gasteiger partial charge in [-0.25, -0.2) is 4.39 Å². The van der Waals surface area contributed by atoms with E-state index in [0.717, 1.165) is 70.6 Å². The molecular formula is C24H23ClFN5. The number of benzene rings is 2. The number of piperidine rings is 1. The minimum absolute atomic E-state index is 0.196. The van der Waals surface area contributed by atoms with Gasteiger partial charge >= 0.3 is 0 Å². The third-order valence-electron chi connectivity index (χ3n) is 5.89. The van der Waals surface area contributed by atoms with Crippen LogP contribution in [0.1, 0.15) is 18.4 Å². The Hall–Kier alpha value is -2.96. The second-order valence-electron chi connectivity index (χ2n) is 8.18. The van der Waals surface area contributed by atoms with Crippen LogP contribution in [0.25, 0.3) is 33.4 Å². The third-order valence-corrected chi connectivity index (χ3v) is 6.21. The van der Waals surface area contributed by atoms with Crippen LogP contribution in [0.5, 0.6) is 0 Å². The van der Waals surface area contributed by atoms with Crippen LogP contribution in [0.15, 0.2) is 48.7 Å². The molecule has 5 rings (SSSR count). The fourth-order valence-electron chi connectivity index (χ4n) is 4.35. The Bertz CT molecular complexity index is 1240. The highest BCUT2D eigenvalue weighted by Gasteiger charge is 2.25. The van der Waals surface area contributed by atoms with Crippen LogP contribution >= 0.6 is 11.6 Å². The number of hydrogen-bond acceptors (Lipinski definition) is 4. The fraction of sp³-hybridized carbons (Fsp3) is 0.250. The molecule has 0 amide bonds.